The van der Waals surface area contributed by atoms with Crippen molar-refractivity contribution >= 4 is 10.9 Å². The first-order chi connectivity index (χ1) is 14.2. The number of rotatable bonds is 5. The predicted octanol–water partition coefficient (Wildman–Crippen LogP) is 8.19. The van der Waals surface area contributed by atoms with Crippen LogP contribution in [0.1, 0.15) is 75.6 Å². The second-order valence-corrected chi connectivity index (χ2v) is 9.40. The second-order valence-electron chi connectivity index (χ2n) is 9.40. The van der Waals surface area contributed by atoms with Crippen LogP contribution in [-0.4, -0.2) is 4.57 Å². The van der Waals surface area contributed by atoms with Gasteiger partial charge in [0.1, 0.15) is 11.6 Å². The Bertz CT molecular complexity index is 1130. The summed E-state index contributed by atoms with van der Waals surface area (Å²) >= 11 is 0. The summed E-state index contributed by atoms with van der Waals surface area (Å²) in [6, 6.07) is 10.3. The van der Waals surface area contributed by atoms with Gasteiger partial charge in [-0.3, -0.25) is 0 Å². The molecule has 1 saturated carbocycles. The number of nitrogens with zero attached hydrogens (tertiary/aromatic N) is 1. The minimum atomic E-state index is -0.215. The SMILES string of the molecule is C=C(C)C1(CC)CC(c2c(C(C)C)n(-c3ccc(F)c(C)c3)c3ccc(F)cc23)C1. The van der Waals surface area contributed by atoms with Crippen molar-refractivity contribution in [1.82, 2.24) is 4.57 Å². The Morgan fingerprint density at radius 3 is 2.43 bits per heavy atom. The summed E-state index contributed by atoms with van der Waals surface area (Å²) in [5.41, 5.74) is 6.43. The molecule has 1 aliphatic rings. The molecule has 2 aromatic carbocycles. The molecule has 0 spiro atoms. The number of aryl methyl sites for hydroxylation is 1. The van der Waals surface area contributed by atoms with Crippen LogP contribution in [-0.2, 0) is 0 Å². The number of halogens is 2. The van der Waals surface area contributed by atoms with Gasteiger partial charge in [-0.25, -0.2) is 8.78 Å². The maximum atomic E-state index is 14.3. The van der Waals surface area contributed by atoms with E-state index in [0.29, 0.717) is 11.5 Å². The average Bonchev–Trinajstić information content (AvgIpc) is 2.98. The molecule has 158 valence electrons. The van der Waals surface area contributed by atoms with Crippen LogP contribution in [0, 0.1) is 24.0 Å². The van der Waals surface area contributed by atoms with Crippen LogP contribution in [0.15, 0.2) is 48.6 Å². The summed E-state index contributed by atoms with van der Waals surface area (Å²) < 4.78 is 30.5. The fraction of sp³-hybridized carbons (Fsp3) is 0.407. The highest BCUT2D eigenvalue weighted by Gasteiger charge is 2.46. The second kappa shape index (κ2) is 7.37. The molecule has 0 bridgehead atoms. The number of hydrogen-bond donors (Lipinski definition) is 0. The van der Waals surface area contributed by atoms with Gasteiger partial charge in [0.2, 0.25) is 0 Å². The Balaban J connectivity index is 1.97. The van der Waals surface area contributed by atoms with Crippen molar-refractivity contribution in [2.24, 2.45) is 5.41 Å². The normalized spacial score (nSPS) is 21.3. The smallest absolute Gasteiger partial charge is 0.126 e. The predicted molar refractivity (Wildman–Crippen MR) is 122 cm³/mol. The van der Waals surface area contributed by atoms with Crippen LogP contribution in [0.3, 0.4) is 0 Å². The van der Waals surface area contributed by atoms with Crippen LogP contribution < -0.4 is 0 Å². The lowest BCUT2D eigenvalue weighted by Crippen LogP contribution is -2.36. The van der Waals surface area contributed by atoms with Gasteiger partial charge in [0.25, 0.3) is 0 Å². The van der Waals surface area contributed by atoms with Crippen LogP contribution in [0.2, 0.25) is 0 Å². The molecule has 0 amide bonds. The fourth-order valence-electron chi connectivity index (χ4n) is 5.38. The van der Waals surface area contributed by atoms with E-state index in [4.69, 9.17) is 0 Å². The van der Waals surface area contributed by atoms with E-state index in [2.05, 4.69) is 38.8 Å². The minimum absolute atomic E-state index is 0.188. The Hall–Kier alpha value is -2.42. The van der Waals surface area contributed by atoms with Crippen molar-refractivity contribution in [3.05, 3.63) is 77.0 Å². The van der Waals surface area contributed by atoms with Crippen molar-refractivity contribution in [3.63, 3.8) is 0 Å². The van der Waals surface area contributed by atoms with Crippen molar-refractivity contribution in [1.29, 1.82) is 0 Å². The molecular weight excluding hydrogens is 376 g/mol. The topological polar surface area (TPSA) is 4.93 Å². The van der Waals surface area contributed by atoms with Gasteiger partial charge in [0.15, 0.2) is 0 Å². The Kier molecular flexibility index (Phi) is 5.12. The molecule has 0 radical (unpaired) electrons. The van der Waals surface area contributed by atoms with Crippen molar-refractivity contribution in [3.8, 4) is 5.69 Å². The van der Waals surface area contributed by atoms with Gasteiger partial charge in [-0.05, 0) is 97.9 Å². The number of allylic oxidation sites excluding steroid dienone is 1. The zero-order valence-corrected chi connectivity index (χ0v) is 18.7. The summed E-state index contributed by atoms with van der Waals surface area (Å²) in [5.74, 6) is 0.210. The highest BCUT2D eigenvalue weighted by Crippen LogP contribution is 2.59. The Morgan fingerprint density at radius 1 is 1.17 bits per heavy atom. The summed E-state index contributed by atoms with van der Waals surface area (Å²) in [4.78, 5) is 0. The minimum Gasteiger partial charge on any atom is -0.313 e. The zero-order valence-electron chi connectivity index (χ0n) is 18.7. The fourth-order valence-corrected chi connectivity index (χ4v) is 5.38. The molecule has 30 heavy (non-hydrogen) atoms. The molecule has 3 aromatic rings. The standard InChI is InChI=1S/C27H31F2N/c1-7-27(17(4)5)14-19(15-27)25-22-13-20(28)8-11-24(22)30(26(25)16(2)3)21-9-10-23(29)18(6)12-21/h8-13,16,19H,4,7,14-15H2,1-3,5-6H3. The highest BCUT2D eigenvalue weighted by molar-refractivity contribution is 5.88. The summed E-state index contributed by atoms with van der Waals surface area (Å²) in [5, 5.41) is 0.983. The van der Waals surface area contributed by atoms with E-state index in [1.807, 2.05) is 18.2 Å². The van der Waals surface area contributed by atoms with Crippen molar-refractivity contribution < 1.29 is 8.78 Å². The molecule has 0 aliphatic heterocycles. The molecule has 0 N–H and O–H groups in total. The molecule has 0 unspecified atom stereocenters. The first kappa shape index (κ1) is 20.8. The molecule has 1 nitrogen and oxygen atoms in total. The highest BCUT2D eigenvalue weighted by atomic mass is 19.1. The van der Waals surface area contributed by atoms with E-state index < -0.39 is 0 Å². The first-order valence-electron chi connectivity index (χ1n) is 10.9. The summed E-state index contributed by atoms with van der Waals surface area (Å²) in [6.07, 6.45) is 3.19. The summed E-state index contributed by atoms with van der Waals surface area (Å²) in [7, 11) is 0. The number of fused-ring (bicyclic) bond motifs is 1. The van der Waals surface area contributed by atoms with E-state index in [1.165, 1.54) is 29.0 Å². The molecular formula is C27H31F2N. The van der Waals surface area contributed by atoms with Gasteiger partial charge in [0.05, 0.1) is 5.52 Å². The lowest BCUT2D eigenvalue weighted by molar-refractivity contribution is 0.142. The molecule has 1 aromatic heterocycles. The van der Waals surface area contributed by atoms with E-state index in [0.717, 1.165) is 35.9 Å². The third-order valence-electron chi connectivity index (χ3n) is 7.22. The lowest BCUT2D eigenvalue weighted by atomic mass is 9.55. The average molecular weight is 408 g/mol. The zero-order chi connectivity index (χ0) is 21.8. The van der Waals surface area contributed by atoms with Crippen LogP contribution in [0.25, 0.3) is 16.6 Å². The molecule has 0 saturated heterocycles. The van der Waals surface area contributed by atoms with Crippen LogP contribution in [0.4, 0.5) is 8.78 Å². The molecule has 0 atom stereocenters. The number of aromatic nitrogens is 1. The monoisotopic (exact) mass is 407 g/mol. The van der Waals surface area contributed by atoms with Crippen LogP contribution in [0.5, 0.6) is 0 Å². The summed E-state index contributed by atoms with van der Waals surface area (Å²) in [6.45, 7) is 14.8. The maximum absolute atomic E-state index is 14.3. The first-order valence-corrected chi connectivity index (χ1v) is 10.9. The Labute approximate surface area is 178 Å². The maximum Gasteiger partial charge on any atom is 0.126 e. The van der Waals surface area contributed by atoms with Crippen molar-refractivity contribution in [2.75, 3.05) is 0 Å². The van der Waals surface area contributed by atoms with Crippen LogP contribution >= 0.6 is 0 Å². The van der Waals surface area contributed by atoms with E-state index >= 15 is 0 Å². The largest absolute Gasteiger partial charge is 0.313 e. The third-order valence-corrected chi connectivity index (χ3v) is 7.22. The van der Waals surface area contributed by atoms with Gasteiger partial charge >= 0.3 is 0 Å². The van der Waals surface area contributed by atoms with Gasteiger partial charge in [-0.2, -0.15) is 0 Å². The molecule has 1 fully saturated rings. The quantitative estimate of drug-likeness (QED) is 0.376. The molecule has 4 rings (SSSR count). The molecule has 3 heteroatoms. The molecule has 1 aliphatic carbocycles. The number of hydrogen-bond acceptors (Lipinski definition) is 0. The molecule has 1 heterocycles. The van der Waals surface area contributed by atoms with E-state index in [1.54, 1.807) is 13.0 Å². The van der Waals surface area contributed by atoms with Gasteiger partial charge in [-0.15, -0.1) is 0 Å². The van der Waals surface area contributed by atoms with Gasteiger partial charge in [0, 0.05) is 16.8 Å². The van der Waals surface area contributed by atoms with E-state index in [9.17, 15) is 8.78 Å². The Morgan fingerprint density at radius 2 is 1.87 bits per heavy atom. The van der Waals surface area contributed by atoms with Gasteiger partial charge < -0.3 is 4.57 Å². The van der Waals surface area contributed by atoms with Crippen molar-refractivity contribution in [2.45, 2.75) is 65.7 Å². The third kappa shape index (κ3) is 3.10. The lowest BCUT2D eigenvalue weighted by Gasteiger charge is -2.49. The number of benzene rings is 2. The van der Waals surface area contributed by atoms with Gasteiger partial charge in [-0.1, -0.05) is 32.9 Å². The van der Waals surface area contributed by atoms with E-state index in [-0.39, 0.29) is 23.0 Å².